The van der Waals surface area contributed by atoms with Gasteiger partial charge in [0.1, 0.15) is 17.3 Å². The molecule has 1 aromatic heterocycles. The molecule has 0 saturated heterocycles. The molecule has 0 fully saturated rings. The minimum atomic E-state index is -0.289. The van der Waals surface area contributed by atoms with E-state index in [0.29, 0.717) is 24.7 Å². The second-order valence-electron chi connectivity index (χ2n) is 6.03. The van der Waals surface area contributed by atoms with Crippen LogP contribution in [-0.4, -0.2) is 24.1 Å². The Kier molecular flexibility index (Phi) is 5.94. The lowest BCUT2D eigenvalue weighted by molar-refractivity contribution is -0.0171. The second-order valence-corrected chi connectivity index (χ2v) is 8.23. The zero-order chi connectivity index (χ0) is 19.3. The molecule has 0 spiro atoms. The third-order valence-electron chi connectivity index (χ3n) is 4.11. The number of fused-ring (bicyclic) bond motifs is 1. The van der Waals surface area contributed by atoms with Gasteiger partial charge >= 0.3 is 0 Å². The fourth-order valence-corrected chi connectivity index (χ4v) is 4.48. The Morgan fingerprint density at radius 1 is 1.25 bits per heavy atom. The topological polar surface area (TPSA) is 65.5 Å². The van der Waals surface area contributed by atoms with Gasteiger partial charge in [0.25, 0.3) is 0 Å². The number of halogens is 1. The second kappa shape index (κ2) is 8.76. The lowest BCUT2D eigenvalue weighted by Crippen LogP contribution is -2.13. The SMILES string of the molecule is COc1ccc(CNc2nnc(SCc3cc(F)cc4c3OCOC4)s2)cc1. The number of rotatable bonds is 7. The zero-order valence-corrected chi connectivity index (χ0v) is 16.7. The van der Waals surface area contributed by atoms with E-state index in [1.54, 1.807) is 7.11 Å². The molecule has 146 valence electrons. The number of aromatic nitrogens is 2. The number of nitrogens with one attached hydrogen (secondary N) is 1. The molecule has 0 bridgehead atoms. The Balaban J connectivity index is 1.35. The number of benzene rings is 2. The van der Waals surface area contributed by atoms with Gasteiger partial charge in [-0.2, -0.15) is 0 Å². The van der Waals surface area contributed by atoms with E-state index in [-0.39, 0.29) is 12.6 Å². The molecule has 0 amide bonds. The maximum absolute atomic E-state index is 13.8. The predicted octanol–water partition coefficient (Wildman–Crippen LogP) is 4.46. The monoisotopic (exact) mass is 419 g/mol. The van der Waals surface area contributed by atoms with Crippen LogP contribution < -0.4 is 14.8 Å². The summed E-state index contributed by atoms with van der Waals surface area (Å²) in [4.78, 5) is 0. The third-order valence-corrected chi connectivity index (χ3v) is 6.18. The lowest BCUT2D eigenvalue weighted by Gasteiger charge is -2.20. The number of nitrogens with zero attached hydrogens (tertiary/aromatic N) is 2. The Bertz CT molecular complexity index is 950. The first kappa shape index (κ1) is 19.0. The molecule has 6 nitrogen and oxygen atoms in total. The van der Waals surface area contributed by atoms with Crippen molar-refractivity contribution in [2.75, 3.05) is 19.2 Å². The lowest BCUT2D eigenvalue weighted by atomic mass is 10.1. The number of thioether (sulfide) groups is 1. The van der Waals surface area contributed by atoms with Crippen molar-refractivity contribution in [2.45, 2.75) is 23.2 Å². The van der Waals surface area contributed by atoms with Gasteiger partial charge in [-0.05, 0) is 29.8 Å². The van der Waals surface area contributed by atoms with Crippen LogP contribution in [0.2, 0.25) is 0 Å². The molecule has 9 heteroatoms. The van der Waals surface area contributed by atoms with E-state index >= 15 is 0 Å². The molecule has 3 aromatic rings. The van der Waals surface area contributed by atoms with Gasteiger partial charge in [0.15, 0.2) is 11.1 Å². The molecular formula is C19H18FN3O3S2. The first-order valence-electron chi connectivity index (χ1n) is 8.56. The van der Waals surface area contributed by atoms with Crippen LogP contribution in [0.3, 0.4) is 0 Å². The highest BCUT2D eigenvalue weighted by molar-refractivity contribution is 8.00. The van der Waals surface area contributed by atoms with E-state index in [2.05, 4.69) is 15.5 Å². The Morgan fingerprint density at radius 2 is 2.11 bits per heavy atom. The zero-order valence-electron chi connectivity index (χ0n) is 15.1. The van der Waals surface area contributed by atoms with Gasteiger partial charge in [-0.1, -0.05) is 35.2 Å². The van der Waals surface area contributed by atoms with Crippen LogP contribution >= 0.6 is 23.1 Å². The molecular weight excluding hydrogens is 401 g/mol. The highest BCUT2D eigenvalue weighted by Crippen LogP contribution is 2.35. The van der Waals surface area contributed by atoms with Gasteiger partial charge in [0, 0.05) is 23.4 Å². The largest absolute Gasteiger partial charge is 0.497 e. The van der Waals surface area contributed by atoms with Gasteiger partial charge in [0.05, 0.1) is 13.7 Å². The first-order valence-corrected chi connectivity index (χ1v) is 10.4. The smallest absolute Gasteiger partial charge is 0.206 e. The molecule has 1 aliphatic rings. The molecule has 0 unspecified atom stereocenters. The van der Waals surface area contributed by atoms with Crippen molar-refractivity contribution in [3.05, 3.63) is 58.9 Å². The molecule has 0 aliphatic carbocycles. The Morgan fingerprint density at radius 3 is 2.93 bits per heavy atom. The minimum absolute atomic E-state index is 0.189. The summed E-state index contributed by atoms with van der Waals surface area (Å²) >= 11 is 2.97. The maximum Gasteiger partial charge on any atom is 0.206 e. The summed E-state index contributed by atoms with van der Waals surface area (Å²) in [5, 5.41) is 12.4. The standard InChI is InChI=1S/C19H18FN3O3S2/c1-24-16-4-2-12(3-5-16)8-21-18-22-23-19(28-18)27-10-14-7-15(20)6-13-9-25-11-26-17(13)14/h2-7H,8-11H2,1H3,(H,21,22). The summed E-state index contributed by atoms with van der Waals surface area (Å²) in [6.07, 6.45) is 0. The highest BCUT2D eigenvalue weighted by Gasteiger charge is 2.17. The van der Waals surface area contributed by atoms with Crippen molar-refractivity contribution in [2.24, 2.45) is 0 Å². The fourth-order valence-electron chi connectivity index (χ4n) is 2.76. The third kappa shape index (κ3) is 4.54. The summed E-state index contributed by atoms with van der Waals surface area (Å²) in [5.74, 6) is 1.80. The summed E-state index contributed by atoms with van der Waals surface area (Å²) < 4.78 is 30.6. The molecule has 0 radical (unpaired) electrons. The van der Waals surface area contributed by atoms with E-state index in [4.69, 9.17) is 14.2 Å². The van der Waals surface area contributed by atoms with Gasteiger partial charge in [-0.3, -0.25) is 0 Å². The van der Waals surface area contributed by atoms with E-state index < -0.39 is 0 Å². The predicted molar refractivity (Wildman–Crippen MR) is 106 cm³/mol. The van der Waals surface area contributed by atoms with Crippen molar-refractivity contribution in [1.82, 2.24) is 10.2 Å². The number of anilines is 1. The normalized spacial score (nSPS) is 12.9. The summed E-state index contributed by atoms with van der Waals surface area (Å²) in [5.41, 5.74) is 2.66. The highest BCUT2D eigenvalue weighted by atomic mass is 32.2. The minimum Gasteiger partial charge on any atom is -0.497 e. The average Bonchev–Trinajstić information content (AvgIpc) is 3.18. The van der Waals surface area contributed by atoms with Crippen molar-refractivity contribution < 1.29 is 18.6 Å². The van der Waals surface area contributed by atoms with Crippen molar-refractivity contribution in [1.29, 1.82) is 0 Å². The van der Waals surface area contributed by atoms with E-state index in [9.17, 15) is 4.39 Å². The van der Waals surface area contributed by atoms with E-state index in [0.717, 1.165) is 31.9 Å². The molecule has 1 aliphatic heterocycles. The molecule has 1 N–H and O–H groups in total. The van der Waals surface area contributed by atoms with Crippen LogP contribution in [0.5, 0.6) is 11.5 Å². The molecule has 0 atom stereocenters. The summed E-state index contributed by atoms with van der Waals surface area (Å²) in [6.45, 7) is 1.20. The molecule has 0 saturated carbocycles. The quantitative estimate of drug-likeness (QED) is 0.567. The summed E-state index contributed by atoms with van der Waals surface area (Å²) in [6, 6.07) is 10.8. The Labute approximate surface area is 170 Å². The van der Waals surface area contributed by atoms with Crippen LogP contribution in [0.25, 0.3) is 0 Å². The molecule has 2 heterocycles. The van der Waals surface area contributed by atoms with Crippen molar-refractivity contribution in [3.8, 4) is 11.5 Å². The summed E-state index contributed by atoms with van der Waals surface area (Å²) in [7, 11) is 1.65. The maximum atomic E-state index is 13.8. The number of methoxy groups -OCH3 is 1. The number of hydrogen-bond acceptors (Lipinski definition) is 8. The van der Waals surface area contributed by atoms with E-state index in [1.807, 2.05) is 24.3 Å². The Hall–Kier alpha value is -2.36. The van der Waals surface area contributed by atoms with Gasteiger partial charge < -0.3 is 19.5 Å². The van der Waals surface area contributed by atoms with Crippen molar-refractivity contribution in [3.63, 3.8) is 0 Å². The molecule has 28 heavy (non-hydrogen) atoms. The van der Waals surface area contributed by atoms with Crippen LogP contribution in [0, 0.1) is 5.82 Å². The van der Waals surface area contributed by atoms with Crippen LogP contribution in [0.1, 0.15) is 16.7 Å². The van der Waals surface area contributed by atoms with Gasteiger partial charge in [-0.15, -0.1) is 10.2 Å². The van der Waals surface area contributed by atoms with Crippen LogP contribution in [-0.2, 0) is 23.6 Å². The van der Waals surface area contributed by atoms with Gasteiger partial charge in [0.2, 0.25) is 5.13 Å². The first-order chi connectivity index (χ1) is 13.7. The number of ether oxygens (including phenoxy) is 3. The van der Waals surface area contributed by atoms with Crippen LogP contribution in [0.15, 0.2) is 40.7 Å². The molecule has 2 aromatic carbocycles. The van der Waals surface area contributed by atoms with E-state index in [1.165, 1.54) is 35.2 Å². The fraction of sp³-hybridized carbons (Fsp3) is 0.263. The molecule has 4 rings (SSSR count). The average molecular weight is 420 g/mol. The number of hydrogen-bond donors (Lipinski definition) is 1. The van der Waals surface area contributed by atoms with Crippen LogP contribution in [0.4, 0.5) is 9.52 Å². The van der Waals surface area contributed by atoms with Crippen molar-refractivity contribution >= 4 is 28.2 Å². The van der Waals surface area contributed by atoms with Gasteiger partial charge in [-0.25, -0.2) is 4.39 Å².